The minimum atomic E-state index is -0.147. The Hall–Kier alpha value is -2.74. The molecule has 33 heavy (non-hydrogen) atoms. The van der Waals surface area contributed by atoms with Crippen molar-refractivity contribution in [2.45, 2.75) is 51.2 Å². The molecule has 7 rings (SSSR count). The van der Waals surface area contributed by atoms with Crippen LogP contribution in [0.4, 0.5) is 10.6 Å². The largest absolute Gasteiger partial charge is 0.450 e. The topological polar surface area (TPSA) is 74.7 Å². The summed E-state index contributed by atoms with van der Waals surface area (Å²) >= 11 is 0. The Morgan fingerprint density at radius 2 is 2.00 bits per heavy atom. The highest BCUT2D eigenvalue weighted by Gasteiger charge is 2.58. The molecule has 6 heterocycles. The van der Waals surface area contributed by atoms with Gasteiger partial charge in [-0.15, -0.1) is 0 Å². The highest BCUT2D eigenvalue weighted by atomic mass is 16.6. The molecule has 4 aliphatic heterocycles. The molecule has 2 aromatic rings. The number of piperidine rings is 1. The van der Waals surface area contributed by atoms with E-state index in [1.807, 2.05) is 30.3 Å². The predicted molar refractivity (Wildman–Crippen MR) is 125 cm³/mol. The fourth-order valence-corrected chi connectivity index (χ4v) is 6.82. The van der Waals surface area contributed by atoms with Gasteiger partial charge in [0.25, 0.3) is 0 Å². The Morgan fingerprint density at radius 3 is 2.73 bits per heavy atom. The van der Waals surface area contributed by atoms with Gasteiger partial charge in [0.15, 0.2) is 0 Å². The molecule has 8 nitrogen and oxygen atoms in total. The first-order valence-electron chi connectivity index (χ1n) is 12.2. The molecule has 0 N–H and O–H groups in total. The smallest absolute Gasteiger partial charge is 0.409 e. The molecule has 2 unspecified atom stereocenters. The van der Waals surface area contributed by atoms with Crippen LogP contribution in [0.2, 0.25) is 0 Å². The van der Waals surface area contributed by atoms with E-state index >= 15 is 0 Å². The van der Waals surface area contributed by atoms with Gasteiger partial charge in [0.1, 0.15) is 5.82 Å². The number of ether oxygens (including phenoxy) is 1. The minimum Gasteiger partial charge on any atom is -0.450 e. The molecule has 0 radical (unpaired) electrons. The normalized spacial score (nSPS) is 30.1. The van der Waals surface area contributed by atoms with Crippen LogP contribution in [0.3, 0.4) is 0 Å². The van der Waals surface area contributed by atoms with Crippen LogP contribution < -0.4 is 4.90 Å². The quantitative estimate of drug-likeness (QED) is 0.712. The molecule has 1 amide bonds. The molecule has 5 fully saturated rings. The first-order chi connectivity index (χ1) is 16.1. The number of carbonyl (C=O) groups is 1. The van der Waals surface area contributed by atoms with Gasteiger partial charge in [-0.2, -0.15) is 0 Å². The third kappa shape index (κ3) is 3.38. The second-order valence-electron chi connectivity index (χ2n) is 10.3. The lowest BCUT2D eigenvalue weighted by atomic mass is 9.74. The summed E-state index contributed by atoms with van der Waals surface area (Å²) in [6, 6.07) is 5.82. The molecule has 5 aliphatic rings. The van der Waals surface area contributed by atoms with Crippen LogP contribution in [-0.2, 0) is 4.74 Å². The van der Waals surface area contributed by atoms with Crippen LogP contribution in [0.5, 0.6) is 0 Å². The Bertz CT molecular complexity index is 1010. The summed E-state index contributed by atoms with van der Waals surface area (Å²) in [7, 11) is 0. The maximum absolute atomic E-state index is 12.0. The lowest BCUT2D eigenvalue weighted by Crippen LogP contribution is -2.76. The van der Waals surface area contributed by atoms with E-state index in [-0.39, 0.29) is 6.09 Å². The van der Waals surface area contributed by atoms with Crippen LogP contribution in [0.25, 0.3) is 11.3 Å². The third-order valence-electron chi connectivity index (χ3n) is 8.40. The van der Waals surface area contributed by atoms with Gasteiger partial charge < -0.3 is 14.5 Å². The first-order valence-corrected chi connectivity index (χ1v) is 12.2. The van der Waals surface area contributed by atoms with Gasteiger partial charge in [0.05, 0.1) is 18.5 Å². The number of aromatic nitrogens is 3. The third-order valence-corrected chi connectivity index (χ3v) is 8.40. The van der Waals surface area contributed by atoms with E-state index in [0.717, 1.165) is 43.3 Å². The van der Waals surface area contributed by atoms with E-state index in [1.54, 1.807) is 12.4 Å². The number of fused-ring (bicyclic) bond motifs is 2. The number of pyridine rings is 1. The highest BCUT2D eigenvalue weighted by Crippen LogP contribution is 2.52. The van der Waals surface area contributed by atoms with Crippen LogP contribution in [0.15, 0.2) is 36.9 Å². The van der Waals surface area contributed by atoms with E-state index < -0.39 is 0 Å². The zero-order chi connectivity index (χ0) is 22.6. The number of anilines is 1. The Balaban J connectivity index is 1.14. The average molecular weight is 449 g/mol. The van der Waals surface area contributed by atoms with Gasteiger partial charge in [-0.25, -0.2) is 9.78 Å². The zero-order valence-electron chi connectivity index (χ0n) is 19.4. The maximum Gasteiger partial charge on any atom is 0.409 e. The number of piperazine rings is 1. The Kier molecular flexibility index (Phi) is 5.01. The van der Waals surface area contributed by atoms with Crippen molar-refractivity contribution in [2.24, 2.45) is 11.3 Å². The Labute approximate surface area is 195 Å². The van der Waals surface area contributed by atoms with Crippen LogP contribution in [-0.4, -0.2) is 81.8 Å². The van der Waals surface area contributed by atoms with Gasteiger partial charge in [0.2, 0.25) is 0 Å². The molecule has 1 saturated carbocycles. The van der Waals surface area contributed by atoms with Crippen molar-refractivity contribution in [1.82, 2.24) is 24.8 Å². The van der Waals surface area contributed by atoms with E-state index in [2.05, 4.69) is 32.8 Å². The molecule has 4 saturated heterocycles. The van der Waals surface area contributed by atoms with E-state index in [1.165, 1.54) is 19.3 Å². The van der Waals surface area contributed by atoms with Crippen LogP contribution >= 0.6 is 0 Å². The number of likely N-dealkylation sites (tertiary alicyclic amines) is 1. The minimum absolute atomic E-state index is 0.147. The summed E-state index contributed by atoms with van der Waals surface area (Å²) < 4.78 is 5.18. The van der Waals surface area contributed by atoms with Crippen molar-refractivity contribution in [3.63, 3.8) is 0 Å². The molecular formula is C25H32N6O2. The SMILES string of the molecule is CCOC(=O)N1CC2(CC[C@H](N3C4CN(c5ncccc5-c5cnccn5)CC3C4C)C2)C1. The molecule has 2 aromatic heterocycles. The molecule has 174 valence electrons. The van der Waals surface area contributed by atoms with E-state index in [0.29, 0.717) is 36.1 Å². The lowest BCUT2D eigenvalue weighted by molar-refractivity contribution is -0.0967. The van der Waals surface area contributed by atoms with Crippen molar-refractivity contribution in [3.8, 4) is 11.3 Å². The zero-order valence-corrected chi connectivity index (χ0v) is 19.4. The van der Waals surface area contributed by atoms with Crippen LogP contribution in [0.1, 0.15) is 33.1 Å². The molecule has 8 heteroatoms. The summed E-state index contributed by atoms with van der Waals surface area (Å²) in [5, 5.41) is 0. The van der Waals surface area contributed by atoms with Gasteiger partial charge in [0, 0.05) is 73.9 Å². The maximum atomic E-state index is 12.0. The molecule has 0 aromatic carbocycles. The van der Waals surface area contributed by atoms with Crippen molar-refractivity contribution in [1.29, 1.82) is 0 Å². The molecule has 1 aliphatic carbocycles. The van der Waals surface area contributed by atoms with Gasteiger partial charge in [-0.3, -0.25) is 14.9 Å². The fraction of sp³-hybridized carbons (Fsp3) is 0.600. The monoisotopic (exact) mass is 448 g/mol. The molecular weight excluding hydrogens is 416 g/mol. The second-order valence-corrected chi connectivity index (χ2v) is 10.3. The number of nitrogens with zero attached hydrogens (tertiary/aromatic N) is 6. The summed E-state index contributed by atoms with van der Waals surface area (Å²) in [5.74, 6) is 1.73. The number of amides is 1. The van der Waals surface area contributed by atoms with Crippen molar-refractivity contribution in [2.75, 3.05) is 37.7 Å². The van der Waals surface area contributed by atoms with E-state index in [4.69, 9.17) is 9.72 Å². The van der Waals surface area contributed by atoms with Crippen LogP contribution in [0, 0.1) is 11.3 Å². The molecule has 2 bridgehead atoms. The summed E-state index contributed by atoms with van der Waals surface area (Å²) in [6.07, 6.45) is 10.7. The van der Waals surface area contributed by atoms with Crippen molar-refractivity contribution >= 4 is 11.9 Å². The first kappa shape index (κ1) is 20.8. The molecule has 1 spiro atoms. The number of hydrogen-bond donors (Lipinski definition) is 0. The van der Waals surface area contributed by atoms with Gasteiger partial charge >= 0.3 is 6.09 Å². The summed E-state index contributed by atoms with van der Waals surface area (Å²) in [6.45, 7) is 8.45. The lowest BCUT2D eigenvalue weighted by Gasteiger charge is -2.63. The van der Waals surface area contributed by atoms with E-state index in [9.17, 15) is 4.79 Å². The number of hydrogen-bond acceptors (Lipinski definition) is 7. The van der Waals surface area contributed by atoms with Crippen molar-refractivity contribution < 1.29 is 9.53 Å². The number of rotatable bonds is 4. The van der Waals surface area contributed by atoms with Gasteiger partial charge in [-0.1, -0.05) is 6.92 Å². The van der Waals surface area contributed by atoms with Crippen molar-refractivity contribution in [3.05, 3.63) is 36.9 Å². The average Bonchev–Trinajstić information content (AvgIpc) is 3.28. The predicted octanol–water partition coefficient (Wildman–Crippen LogP) is 3.06. The summed E-state index contributed by atoms with van der Waals surface area (Å²) in [5.41, 5.74) is 2.24. The highest BCUT2D eigenvalue weighted by molar-refractivity contribution is 5.73. The summed E-state index contributed by atoms with van der Waals surface area (Å²) in [4.78, 5) is 32.7. The standard InChI is InChI=1S/C25H32N6O2/c1-3-33-24(32)30-15-25(16-30)7-6-18(11-25)31-21-13-29(14-22(31)17(21)2)23-19(5-4-8-28-23)20-12-26-9-10-27-20/h4-5,8-10,12,17-18,21-22H,3,6-7,11,13-16H2,1-2H3/t17?,18-,21?,22?/m0/s1. The molecule has 3 atom stereocenters. The Morgan fingerprint density at radius 1 is 1.18 bits per heavy atom. The number of carbonyl (C=O) groups excluding carboxylic acids is 1. The fourth-order valence-electron chi connectivity index (χ4n) is 6.82. The van der Waals surface area contributed by atoms with Gasteiger partial charge in [-0.05, 0) is 44.2 Å². The second kappa shape index (κ2) is 7.94.